The number of benzene rings is 1. The lowest BCUT2D eigenvalue weighted by atomic mass is 9.97. The van der Waals surface area contributed by atoms with Crippen LogP contribution in [0.4, 0.5) is 24.5 Å². The topological polar surface area (TPSA) is 66.6 Å². The minimum atomic E-state index is -4.66. The number of halogens is 3. The van der Waals surface area contributed by atoms with E-state index in [4.69, 9.17) is 5.11 Å². The average Bonchev–Trinajstić information content (AvgIpc) is 2.45. The number of alkyl halides is 3. The smallest absolute Gasteiger partial charge is 0.396 e. The SMILES string of the molecule is O=[N+]([O-])c1ccc(N2CCC[C@H](CO)C2)c(C(F)(F)F)c1. The van der Waals surface area contributed by atoms with Gasteiger partial charge in [0.05, 0.1) is 10.5 Å². The molecule has 0 unspecified atom stereocenters. The Hall–Kier alpha value is -1.83. The summed E-state index contributed by atoms with van der Waals surface area (Å²) in [5.41, 5.74) is -1.65. The van der Waals surface area contributed by atoms with Crippen molar-refractivity contribution in [2.45, 2.75) is 19.0 Å². The highest BCUT2D eigenvalue weighted by atomic mass is 19.4. The Bertz CT molecular complexity index is 534. The second-order valence-corrected chi connectivity index (χ2v) is 5.09. The van der Waals surface area contributed by atoms with E-state index in [0.717, 1.165) is 18.6 Å². The predicted octanol–water partition coefficient (Wildman–Crippen LogP) is 2.82. The van der Waals surface area contributed by atoms with Crippen molar-refractivity contribution in [3.8, 4) is 0 Å². The van der Waals surface area contributed by atoms with Crippen LogP contribution in [0.1, 0.15) is 18.4 Å². The monoisotopic (exact) mass is 304 g/mol. The van der Waals surface area contributed by atoms with E-state index in [0.29, 0.717) is 25.6 Å². The van der Waals surface area contributed by atoms with Crippen LogP contribution in [-0.2, 0) is 6.18 Å². The molecule has 1 saturated heterocycles. The number of non-ortho nitro benzene ring substituents is 1. The third-order valence-electron chi connectivity index (χ3n) is 3.61. The molecule has 1 aromatic rings. The van der Waals surface area contributed by atoms with Crippen molar-refractivity contribution in [1.82, 2.24) is 0 Å². The van der Waals surface area contributed by atoms with E-state index in [1.54, 1.807) is 0 Å². The summed E-state index contributed by atoms with van der Waals surface area (Å²) in [6, 6.07) is 2.78. The number of nitro benzene ring substituents is 1. The molecule has 0 aromatic heterocycles. The highest BCUT2D eigenvalue weighted by Gasteiger charge is 2.37. The molecule has 1 heterocycles. The van der Waals surface area contributed by atoms with Crippen LogP contribution < -0.4 is 4.90 Å². The number of aliphatic hydroxyl groups is 1. The largest absolute Gasteiger partial charge is 0.418 e. The Morgan fingerprint density at radius 1 is 1.43 bits per heavy atom. The molecule has 1 N–H and O–H groups in total. The maximum absolute atomic E-state index is 13.1. The molecule has 0 aliphatic carbocycles. The first-order valence-corrected chi connectivity index (χ1v) is 6.54. The maximum Gasteiger partial charge on any atom is 0.418 e. The van der Waals surface area contributed by atoms with E-state index in [-0.39, 0.29) is 18.2 Å². The van der Waals surface area contributed by atoms with Crippen molar-refractivity contribution in [2.75, 3.05) is 24.6 Å². The van der Waals surface area contributed by atoms with E-state index in [1.165, 1.54) is 4.90 Å². The van der Waals surface area contributed by atoms with Crippen molar-refractivity contribution < 1.29 is 23.2 Å². The highest BCUT2D eigenvalue weighted by Crippen LogP contribution is 2.39. The first-order valence-electron chi connectivity index (χ1n) is 6.54. The van der Waals surface area contributed by atoms with Gasteiger partial charge in [-0.3, -0.25) is 10.1 Å². The quantitative estimate of drug-likeness (QED) is 0.689. The van der Waals surface area contributed by atoms with Gasteiger partial charge in [-0.15, -0.1) is 0 Å². The Kier molecular flexibility index (Phi) is 4.36. The molecule has 0 radical (unpaired) electrons. The Morgan fingerprint density at radius 2 is 2.14 bits per heavy atom. The molecule has 0 amide bonds. The van der Waals surface area contributed by atoms with Crippen LogP contribution in [0.5, 0.6) is 0 Å². The Morgan fingerprint density at radius 3 is 2.71 bits per heavy atom. The van der Waals surface area contributed by atoms with Crippen LogP contribution in [0, 0.1) is 16.0 Å². The molecule has 1 aromatic carbocycles. The fourth-order valence-electron chi connectivity index (χ4n) is 2.57. The first-order chi connectivity index (χ1) is 9.82. The minimum absolute atomic E-state index is 0.0637. The van der Waals surface area contributed by atoms with Crippen LogP contribution >= 0.6 is 0 Å². The molecule has 21 heavy (non-hydrogen) atoms. The number of aliphatic hydroxyl groups excluding tert-OH is 1. The van der Waals surface area contributed by atoms with Gasteiger partial charge in [0.15, 0.2) is 0 Å². The van der Waals surface area contributed by atoms with Gasteiger partial charge < -0.3 is 10.0 Å². The van der Waals surface area contributed by atoms with Gasteiger partial charge >= 0.3 is 6.18 Å². The second kappa shape index (κ2) is 5.88. The lowest BCUT2D eigenvalue weighted by Crippen LogP contribution is -2.37. The molecule has 1 fully saturated rings. The van der Waals surface area contributed by atoms with Crippen molar-refractivity contribution in [1.29, 1.82) is 0 Å². The number of nitrogens with zero attached hydrogens (tertiary/aromatic N) is 2. The lowest BCUT2D eigenvalue weighted by Gasteiger charge is -2.35. The summed E-state index contributed by atoms with van der Waals surface area (Å²) in [7, 11) is 0. The standard InChI is InChI=1S/C13H15F3N2O3/c14-13(15,16)11-6-10(18(20)21)3-4-12(11)17-5-1-2-9(7-17)8-19/h3-4,6,9,19H,1-2,5,7-8H2/t9-/m0/s1. The van der Waals surface area contributed by atoms with Gasteiger partial charge in [0.2, 0.25) is 0 Å². The zero-order valence-corrected chi connectivity index (χ0v) is 11.1. The van der Waals surface area contributed by atoms with E-state index in [9.17, 15) is 23.3 Å². The van der Waals surface area contributed by atoms with Gasteiger partial charge in [-0.1, -0.05) is 0 Å². The maximum atomic E-state index is 13.1. The number of nitro groups is 1. The summed E-state index contributed by atoms with van der Waals surface area (Å²) in [6.07, 6.45) is -3.21. The highest BCUT2D eigenvalue weighted by molar-refractivity contribution is 5.59. The van der Waals surface area contributed by atoms with Crippen LogP contribution in [0.2, 0.25) is 0 Å². The molecule has 0 saturated carbocycles. The Labute approximate surface area is 119 Å². The van der Waals surface area contributed by atoms with Crippen LogP contribution in [0.25, 0.3) is 0 Å². The minimum Gasteiger partial charge on any atom is -0.396 e. The number of anilines is 1. The van der Waals surface area contributed by atoms with Crippen molar-refractivity contribution in [2.24, 2.45) is 5.92 Å². The summed E-state index contributed by atoms with van der Waals surface area (Å²) in [5, 5.41) is 19.8. The summed E-state index contributed by atoms with van der Waals surface area (Å²) in [6.45, 7) is 0.680. The van der Waals surface area contributed by atoms with Crippen molar-refractivity contribution in [3.63, 3.8) is 0 Å². The van der Waals surface area contributed by atoms with Crippen LogP contribution in [0.3, 0.4) is 0 Å². The normalized spacial score (nSPS) is 19.6. The molecular weight excluding hydrogens is 289 g/mol. The fraction of sp³-hybridized carbons (Fsp3) is 0.538. The van der Waals surface area contributed by atoms with Crippen molar-refractivity contribution in [3.05, 3.63) is 33.9 Å². The van der Waals surface area contributed by atoms with E-state index in [2.05, 4.69) is 0 Å². The van der Waals surface area contributed by atoms with Gasteiger partial charge in [-0.25, -0.2) is 0 Å². The van der Waals surface area contributed by atoms with Gasteiger partial charge in [-0.05, 0) is 24.8 Å². The summed E-state index contributed by atoms with van der Waals surface area (Å²) >= 11 is 0. The number of hydrogen-bond acceptors (Lipinski definition) is 4. The van der Waals surface area contributed by atoms with E-state index in [1.807, 2.05) is 0 Å². The molecule has 2 rings (SSSR count). The van der Waals surface area contributed by atoms with Crippen LogP contribution in [0.15, 0.2) is 18.2 Å². The third kappa shape index (κ3) is 3.44. The molecule has 1 atom stereocenters. The van der Waals surface area contributed by atoms with Crippen molar-refractivity contribution >= 4 is 11.4 Å². The van der Waals surface area contributed by atoms with Gasteiger partial charge in [0.1, 0.15) is 0 Å². The number of hydrogen-bond donors (Lipinski definition) is 1. The summed E-state index contributed by atoms with van der Waals surface area (Å²) in [5.74, 6) is -0.0741. The third-order valence-corrected chi connectivity index (χ3v) is 3.61. The van der Waals surface area contributed by atoms with Gasteiger partial charge in [-0.2, -0.15) is 13.2 Å². The van der Waals surface area contributed by atoms with Gasteiger partial charge in [0.25, 0.3) is 5.69 Å². The molecule has 0 bridgehead atoms. The molecule has 1 aliphatic rings. The van der Waals surface area contributed by atoms with E-state index < -0.39 is 22.4 Å². The Balaban J connectivity index is 2.40. The van der Waals surface area contributed by atoms with E-state index >= 15 is 0 Å². The molecule has 0 spiro atoms. The zero-order valence-electron chi connectivity index (χ0n) is 11.1. The van der Waals surface area contributed by atoms with Gasteiger partial charge in [0, 0.05) is 37.5 Å². The molecule has 1 aliphatic heterocycles. The summed E-state index contributed by atoms with van der Waals surface area (Å²) in [4.78, 5) is 11.4. The molecule has 5 nitrogen and oxygen atoms in total. The zero-order chi connectivity index (χ0) is 15.6. The predicted molar refractivity (Wildman–Crippen MR) is 70.1 cm³/mol. The number of piperidine rings is 1. The lowest BCUT2D eigenvalue weighted by molar-refractivity contribution is -0.385. The molecule has 8 heteroatoms. The fourth-order valence-corrected chi connectivity index (χ4v) is 2.57. The number of rotatable bonds is 3. The molecular formula is C13H15F3N2O3. The average molecular weight is 304 g/mol. The van der Waals surface area contributed by atoms with Crippen LogP contribution in [-0.4, -0.2) is 29.7 Å². The summed E-state index contributed by atoms with van der Waals surface area (Å²) < 4.78 is 39.4. The first kappa shape index (κ1) is 15.6. The molecule has 116 valence electrons. The second-order valence-electron chi connectivity index (χ2n) is 5.09.